The Morgan fingerprint density at radius 1 is 1.00 bits per heavy atom. The van der Waals surface area contributed by atoms with Crippen molar-refractivity contribution in [1.82, 2.24) is 0 Å². The summed E-state index contributed by atoms with van der Waals surface area (Å²) in [5, 5.41) is 3.02. The molecule has 0 aliphatic rings. The van der Waals surface area contributed by atoms with Gasteiger partial charge in [-0.05, 0) is 36.4 Å². The summed E-state index contributed by atoms with van der Waals surface area (Å²) in [6.45, 7) is 0. The van der Waals surface area contributed by atoms with Crippen LogP contribution in [0.5, 0.6) is 11.5 Å². The zero-order valence-electron chi connectivity index (χ0n) is 8.91. The predicted molar refractivity (Wildman–Crippen MR) is 62.5 cm³/mol. The molecule has 0 heterocycles. The van der Waals surface area contributed by atoms with Crippen molar-refractivity contribution in [3.8, 4) is 11.5 Å². The van der Waals surface area contributed by atoms with Gasteiger partial charge in [-0.3, -0.25) is 0 Å². The molecule has 0 saturated carbocycles. The number of anilines is 1. The Bertz CT molecular complexity index is 468. The van der Waals surface area contributed by atoms with Gasteiger partial charge in [-0.15, -0.1) is 0 Å². The molecule has 0 spiro atoms. The average Bonchev–Trinajstić information content (AvgIpc) is 2.32. The van der Waals surface area contributed by atoms with Crippen LogP contribution in [-0.4, -0.2) is 7.05 Å². The van der Waals surface area contributed by atoms with Crippen molar-refractivity contribution >= 4 is 5.69 Å². The van der Waals surface area contributed by atoms with Gasteiger partial charge in [0.1, 0.15) is 17.3 Å². The summed E-state index contributed by atoms with van der Waals surface area (Å²) in [5.41, 5.74) is 0.972. The highest BCUT2D eigenvalue weighted by Gasteiger charge is 1.98. The van der Waals surface area contributed by atoms with Crippen LogP contribution in [-0.2, 0) is 0 Å². The molecular formula is C13H12FNO. The third-order valence-electron chi connectivity index (χ3n) is 2.17. The Kier molecular flexibility index (Phi) is 3.05. The first-order valence-corrected chi connectivity index (χ1v) is 4.99. The number of nitrogens with one attached hydrogen (secondary N) is 1. The van der Waals surface area contributed by atoms with Crippen molar-refractivity contribution < 1.29 is 9.13 Å². The van der Waals surface area contributed by atoms with E-state index in [2.05, 4.69) is 5.32 Å². The monoisotopic (exact) mass is 217 g/mol. The molecule has 0 saturated heterocycles. The van der Waals surface area contributed by atoms with Crippen LogP contribution in [0.25, 0.3) is 0 Å². The molecular weight excluding hydrogens is 205 g/mol. The summed E-state index contributed by atoms with van der Waals surface area (Å²) in [4.78, 5) is 0. The number of hydrogen-bond acceptors (Lipinski definition) is 2. The summed E-state index contributed by atoms with van der Waals surface area (Å²) in [6, 6.07) is 13.5. The second-order valence-corrected chi connectivity index (χ2v) is 3.33. The number of halogens is 1. The van der Waals surface area contributed by atoms with Crippen molar-refractivity contribution in [2.24, 2.45) is 0 Å². The van der Waals surface area contributed by atoms with E-state index in [4.69, 9.17) is 4.74 Å². The Labute approximate surface area is 93.7 Å². The predicted octanol–water partition coefficient (Wildman–Crippen LogP) is 3.66. The van der Waals surface area contributed by atoms with Crippen molar-refractivity contribution in [3.63, 3.8) is 0 Å². The van der Waals surface area contributed by atoms with Crippen LogP contribution in [0, 0.1) is 5.82 Å². The molecule has 2 aromatic rings. The molecule has 82 valence electrons. The Balaban J connectivity index is 2.16. The Hall–Kier alpha value is -2.03. The third-order valence-corrected chi connectivity index (χ3v) is 2.17. The standard InChI is InChI=1S/C13H12FNO/c1-15-11-3-2-4-13(9-11)16-12-7-5-10(14)6-8-12/h2-9,15H,1H3. The molecule has 0 aromatic heterocycles. The molecule has 0 fully saturated rings. The van der Waals surface area contributed by atoms with Crippen molar-refractivity contribution in [1.29, 1.82) is 0 Å². The molecule has 1 N–H and O–H groups in total. The zero-order valence-corrected chi connectivity index (χ0v) is 8.91. The highest BCUT2D eigenvalue weighted by molar-refractivity contribution is 5.48. The summed E-state index contributed by atoms with van der Waals surface area (Å²) in [6.07, 6.45) is 0. The second-order valence-electron chi connectivity index (χ2n) is 3.33. The minimum atomic E-state index is -0.267. The number of ether oxygens (including phenoxy) is 1. The molecule has 2 aromatic carbocycles. The van der Waals surface area contributed by atoms with Crippen LogP contribution in [0.4, 0.5) is 10.1 Å². The first-order valence-electron chi connectivity index (χ1n) is 4.99. The fraction of sp³-hybridized carbons (Fsp3) is 0.0769. The van der Waals surface area contributed by atoms with E-state index in [0.717, 1.165) is 11.4 Å². The highest BCUT2D eigenvalue weighted by atomic mass is 19.1. The van der Waals surface area contributed by atoms with Gasteiger partial charge in [-0.2, -0.15) is 0 Å². The fourth-order valence-electron chi connectivity index (χ4n) is 1.35. The van der Waals surface area contributed by atoms with Crippen LogP contribution in [0.3, 0.4) is 0 Å². The van der Waals surface area contributed by atoms with Crippen molar-refractivity contribution in [2.45, 2.75) is 0 Å². The maximum Gasteiger partial charge on any atom is 0.129 e. The van der Waals surface area contributed by atoms with Gasteiger partial charge in [-0.25, -0.2) is 4.39 Å². The molecule has 0 atom stereocenters. The molecule has 16 heavy (non-hydrogen) atoms. The van der Waals surface area contributed by atoms with Gasteiger partial charge < -0.3 is 10.1 Å². The van der Waals surface area contributed by atoms with E-state index in [1.54, 1.807) is 12.1 Å². The smallest absolute Gasteiger partial charge is 0.129 e. The summed E-state index contributed by atoms with van der Waals surface area (Å²) in [7, 11) is 1.84. The maximum absolute atomic E-state index is 12.7. The molecule has 0 aliphatic heterocycles. The molecule has 0 aliphatic carbocycles. The van der Waals surface area contributed by atoms with Crippen molar-refractivity contribution in [3.05, 3.63) is 54.3 Å². The quantitative estimate of drug-likeness (QED) is 0.847. The van der Waals surface area contributed by atoms with E-state index < -0.39 is 0 Å². The molecule has 3 heteroatoms. The van der Waals surface area contributed by atoms with Crippen LogP contribution in [0.15, 0.2) is 48.5 Å². The van der Waals surface area contributed by atoms with Crippen LogP contribution in [0.2, 0.25) is 0 Å². The largest absolute Gasteiger partial charge is 0.457 e. The second kappa shape index (κ2) is 4.66. The minimum Gasteiger partial charge on any atom is -0.457 e. The topological polar surface area (TPSA) is 21.3 Å². The van der Waals surface area contributed by atoms with E-state index >= 15 is 0 Å². The zero-order chi connectivity index (χ0) is 11.4. The number of benzene rings is 2. The van der Waals surface area contributed by atoms with Crippen LogP contribution in [0.1, 0.15) is 0 Å². The summed E-state index contributed by atoms with van der Waals surface area (Å²) in [5.74, 6) is 1.07. The van der Waals surface area contributed by atoms with Gasteiger partial charge >= 0.3 is 0 Å². The van der Waals surface area contributed by atoms with E-state index in [1.165, 1.54) is 12.1 Å². The van der Waals surface area contributed by atoms with Gasteiger partial charge in [0.2, 0.25) is 0 Å². The minimum absolute atomic E-state index is 0.267. The van der Waals surface area contributed by atoms with E-state index in [0.29, 0.717) is 5.75 Å². The van der Waals surface area contributed by atoms with E-state index in [-0.39, 0.29) is 5.82 Å². The summed E-state index contributed by atoms with van der Waals surface area (Å²) < 4.78 is 18.2. The molecule has 0 unspecified atom stereocenters. The first-order chi connectivity index (χ1) is 7.78. The SMILES string of the molecule is CNc1cccc(Oc2ccc(F)cc2)c1. The Morgan fingerprint density at radius 2 is 1.75 bits per heavy atom. The molecule has 2 nitrogen and oxygen atoms in total. The molecule has 0 radical (unpaired) electrons. The van der Waals surface area contributed by atoms with E-state index in [9.17, 15) is 4.39 Å². The highest BCUT2D eigenvalue weighted by Crippen LogP contribution is 2.23. The lowest BCUT2D eigenvalue weighted by Gasteiger charge is -2.07. The van der Waals surface area contributed by atoms with Crippen LogP contribution >= 0.6 is 0 Å². The van der Waals surface area contributed by atoms with E-state index in [1.807, 2.05) is 31.3 Å². The van der Waals surface area contributed by atoms with Crippen LogP contribution < -0.4 is 10.1 Å². The lowest BCUT2D eigenvalue weighted by molar-refractivity contribution is 0.481. The number of hydrogen-bond donors (Lipinski definition) is 1. The van der Waals surface area contributed by atoms with Gasteiger partial charge in [-0.1, -0.05) is 6.07 Å². The van der Waals surface area contributed by atoms with Gasteiger partial charge in [0.15, 0.2) is 0 Å². The molecule has 2 rings (SSSR count). The average molecular weight is 217 g/mol. The number of rotatable bonds is 3. The lowest BCUT2D eigenvalue weighted by atomic mass is 10.3. The third kappa shape index (κ3) is 2.51. The fourth-order valence-corrected chi connectivity index (χ4v) is 1.35. The summed E-state index contributed by atoms with van der Waals surface area (Å²) >= 11 is 0. The first kappa shape index (κ1) is 10.5. The van der Waals surface area contributed by atoms with Gasteiger partial charge in [0.05, 0.1) is 0 Å². The normalized spacial score (nSPS) is 9.88. The van der Waals surface area contributed by atoms with Crippen molar-refractivity contribution in [2.75, 3.05) is 12.4 Å². The Morgan fingerprint density at radius 3 is 2.44 bits per heavy atom. The molecule has 0 bridgehead atoms. The maximum atomic E-state index is 12.7. The lowest BCUT2D eigenvalue weighted by Crippen LogP contribution is -1.89. The molecule has 0 amide bonds. The van der Waals surface area contributed by atoms with Gasteiger partial charge in [0, 0.05) is 18.8 Å². The van der Waals surface area contributed by atoms with Gasteiger partial charge in [0.25, 0.3) is 0 Å².